The first kappa shape index (κ1) is 15.0. The molecule has 0 bridgehead atoms. The molecule has 104 valence electrons. The molecule has 1 aromatic rings. The van der Waals surface area contributed by atoms with Crippen LogP contribution in [0.1, 0.15) is 60.4 Å². The Bertz CT molecular complexity index is 474. The van der Waals surface area contributed by atoms with Gasteiger partial charge in [-0.1, -0.05) is 13.8 Å². The van der Waals surface area contributed by atoms with Crippen LogP contribution in [-0.2, 0) is 9.47 Å². The largest absolute Gasteiger partial charge is 0.461 e. The molecule has 1 aromatic heterocycles. The zero-order chi connectivity index (χ0) is 14.4. The van der Waals surface area contributed by atoms with Crippen LogP contribution in [0.2, 0.25) is 0 Å². The Hall–Kier alpha value is -2.05. The van der Waals surface area contributed by atoms with Gasteiger partial charge in [-0.3, -0.25) is 0 Å². The first-order valence-corrected chi connectivity index (χ1v) is 6.10. The molecule has 0 N–H and O–H groups in total. The molecule has 0 atom stereocenters. The third-order valence-corrected chi connectivity index (χ3v) is 2.19. The molecule has 0 spiro atoms. The van der Waals surface area contributed by atoms with Crippen LogP contribution in [-0.4, -0.2) is 40.3 Å². The molecule has 0 aliphatic rings. The molecule has 0 saturated heterocycles. The number of ether oxygens (including phenoxy) is 2. The van der Waals surface area contributed by atoms with E-state index in [1.54, 1.807) is 13.8 Å². The van der Waals surface area contributed by atoms with Crippen molar-refractivity contribution < 1.29 is 19.1 Å². The van der Waals surface area contributed by atoms with Gasteiger partial charge in [-0.05, 0) is 19.8 Å². The van der Waals surface area contributed by atoms with Crippen molar-refractivity contribution in [3.63, 3.8) is 0 Å². The van der Waals surface area contributed by atoms with Crippen molar-refractivity contribution in [3.05, 3.63) is 17.2 Å². The van der Waals surface area contributed by atoms with Gasteiger partial charge in [-0.2, -0.15) is 0 Å². The number of hydrogen-bond acceptors (Lipinski definition) is 7. The summed E-state index contributed by atoms with van der Waals surface area (Å²) in [5, 5.41) is 7.34. The van der Waals surface area contributed by atoms with Gasteiger partial charge in [0.25, 0.3) is 5.82 Å². The van der Waals surface area contributed by atoms with Crippen LogP contribution in [0.25, 0.3) is 0 Å². The molecule has 0 saturated carbocycles. The van der Waals surface area contributed by atoms with Gasteiger partial charge in [0.1, 0.15) is 0 Å². The third kappa shape index (κ3) is 3.70. The molecule has 1 heterocycles. The highest BCUT2D eigenvalue weighted by atomic mass is 16.5. The Labute approximate surface area is 111 Å². The zero-order valence-electron chi connectivity index (χ0n) is 11.5. The summed E-state index contributed by atoms with van der Waals surface area (Å²) < 4.78 is 9.66. The highest BCUT2D eigenvalue weighted by Crippen LogP contribution is 2.16. The summed E-state index contributed by atoms with van der Waals surface area (Å²) in [5.74, 6) is -1.50. The van der Waals surface area contributed by atoms with Crippen molar-refractivity contribution in [1.29, 1.82) is 0 Å². The summed E-state index contributed by atoms with van der Waals surface area (Å²) >= 11 is 0. The number of esters is 2. The van der Waals surface area contributed by atoms with E-state index in [0.29, 0.717) is 5.69 Å². The van der Waals surface area contributed by atoms with Gasteiger partial charge < -0.3 is 9.47 Å². The smallest absolute Gasteiger partial charge is 0.378 e. The predicted molar refractivity (Wildman–Crippen MR) is 65.8 cm³/mol. The third-order valence-electron chi connectivity index (χ3n) is 2.19. The standard InChI is InChI=1S/C12H17N3O4/c1-5-18-11(16)9-8(7(3)4)13-10(15-14-9)12(17)19-6-2/h7H,5-6H2,1-4H3. The average Bonchev–Trinajstić information content (AvgIpc) is 2.38. The molecule has 0 fully saturated rings. The van der Waals surface area contributed by atoms with Crippen LogP contribution in [0.4, 0.5) is 0 Å². The molecule has 0 aromatic carbocycles. The molecular formula is C12H17N3O4. The Kier molecular flexibility index (Phi) is 5.35. The second-order valence-corrected chi connectivity index (χ2v) is 3.96. The lowest BCUT2D eigenvalue weighted by atomic mass is 10.1. The zero-order valence-corrected chi connectivity index (χ0v) is 11.5. The fourth-order valence-corrected chi connectivity index (χ4v) is 1.37. The SMILES string of the molecule is CCOC(=O)c1nnc(C(=O)OCC)c(C(C)C)n1. The summed E-state index contributed by atoms with van der Waals surface area (Å²) in [5.41, 5.74) is 0.404. The highest BCUT2D eigenvalue weighted by Gasteiger charge is 2.22. The fourth-order valence-electron chi connectivity index (χ4n) is 1.37. The van der Waals surface area contributed by atoms with Crippen molar-refractivity contribution in [2.75, 3.05) is 13.2 Å². The van der Waals surface area contributed by atoms with E-state index in [1.807, 2.05) is 13.8 Å². The molecule has 0 aliphatic heterocycles. The van der Waals surface area contributed by atoms with Crippen molar-refractivity contribution in [2.45, 2.75) is 33.6 Å². The summed E-state index contributed by atoms with van der Waals surface area (Å²) in [6, 6.07) is 0. The molecule has 1 rings (SSSR count). The topological polar surface area (TPSA) is 91.3 Å². The maximum Gasteiger partial charge on any atom is 0.378 e. The number of aromatic nitrogens is 3. The number of rotatable bonds is 5. The lowest BCUT2D eigenvalue weighted by Crippen LogP contribution is -2.19. The highest BCUT2D eigenvalue weighted by molar-refractivity contribution is 5.89. The Balaban J connectivity index is 3.15. The van der Waals surface area contributed by atoms with E-state index in [2.05, 4.69) is 15.2 Å². The van der Waals surface area contributed by atoms with Crippen molar-refractivity contribution in [2.24, 2.45) is 0 Å². The maximum atomic E-state index is 11.7. The maximum absolute atomic E-state index is 11.7. The van der Waals surface area contributed by atoms with E-state index in [-0.39, 0.29) is 30.7 Å². The minimum absolute atomic E-state index is 0.0323. The molecular weight excluding hydrogens is 250 g/mol. The first-order chi connectivity index (χ1) is 9.01. The van der Waals surface area contributed by atoms with Crippen LogP contribution in [0.3, 0.4) is 0 Å². The van der Waals surface area contributed by atoms with Gasteiger partial charge in [0, 0.05) is 0 Å². The van der Waals surface area contributed by atoms with Gasteiger partial charge in [-0.25, -0.2) is 14.6 Å². The van der Waals surface area contributed by atoms with Crippen LogP contribution < -0.4 is 0 Å². The Morgan fingerprint density at radius 3 is 2.16 bits per heavy atom. The van der Waals surface area contributed by atoms with Gasteiger partial charge in [0.2, 0.25) is 0 Å². The normalized spacial score (nSPS) is 10.4. The van der Waals surface area contributed by atoms with Crippen molar-refractivity contribution >= 4 is 11.9 Å². The number of nitrogens with zero attached hydrogens (tertiary/aromatic N) is 3. The van der Waals surface area contributed by atoms with Crippen LogP contribution in [0.5, 0.6) is 0 Å². The molecule has 0 amide bonds. The molecule has 0 radical (unpaired) electrons. The second-order valence-electron chi connectivity index (χ2n) is 3.96. The molecule has 0 unspecified atom stereocenters. The lowest BCUT2D eigenvalue weighted by molar-refractivity contribution is 0.0489. The number of hydrogen-bond donors (Lipinski definition) is 0. The van der Waals surface area contributed by atoms with Gasteiger partial charge in [-0.15, -0.1) is 10.2 Å². The number of carbonyl (C=O) groups excluding carboxylic acids is 2. The van der Waals surface area contributed by atoms with E-state index in [4.69, 9.17) is 9.47 Å². The Morgan fingerprint density at radius 2 is 1.63 bits per heavy atom. The molecule has 7 heteroatoms. The first-order valence-electron chi connectivity index (χ1n) is 6.10. The van der Waals surface area contributed by atoms with Crippen LogP contribution in [0.15, 0.2) is 0 Å². The predicted octanol–water partition coefficient (Wildman–Crippen LogP) is 1.35. The molecule has 19 heavy (non-hydrogen) atoms. The molecule has 7 nitrogen and oxygen atoms in total. The summed E-state index contributed by atoms with van der Waals surface area (Å²) in [6.45, 7) is 7.50. The fraction of sp³-hybridized carbons (Fsp3) is 0.583. The Morgan fingerprint density at radius 1 is 1.05 bits per heavy atom. The van der Waals surface area contributed by atoms with Gasteiger partial charge in [0.05, 0.1) is 18.9 Å². The molecule has 0 aliphatic carbocycles. The summed E-state index contributed by atoms with van der Waals surface area (Å²) in [6.07, 6.45) is 0. The minimum Gasteiger partial charge on any atom is -0.461 e. The quantitative estimate of drug-likeness (QED) is 0.743. The van der Waals surface area contributed by atoms with Crippen LogP contribution >= 0.6 is 0 Å². The van der Waals surface area contributed by atoms with E-state index in [1.165, 1.54) is 0 Å². The summed E-state index contributed by atoms with van der Waals surface area (Å²) in [4.78, 5) is 27.3. The van der Waals surface area contributed by atoms with Gasteiger partial charge in [0.15, 0.2) is 5.69 Å². The van der Waals surface area contributed by atoms with Crippen LogP contribution in [0, 0.1) is 0 Å². The monoisotopic (exact) mass is 267 g/mol. The van der Waals surface area contributed by atoms with Crippen molar-refractivity contribution in [3.8, 4) is 0 Å². The van der Waals surface area contributed by atoms with E-state index < -0.39 is 11.9 Å². The summed E-state index contributed by atoms with van der Waals surface area (Å²) in [7, 11) is 0. The number of carbonyl (C=O) groups is 2. The minimum atomic E-state index is -0.660. The second kappa shape index (κ2) is 6.77. The lowest BCUT2D eigenvalue weighted by Gasteiger charge is -2.10. The van der Waals surface area contributed by atoms with Crippen molar-refractivity contribution in [1.82, 2.24) is 15.2 Å². The van der Waals surface area contributed by atoms with E-state index in [9.17, 15) is 9.59 Å². The average molecular weight is 267 g/mol. The van der Waals surface area contributed by atoms with E-state index >= 15 is 0 Å². The van der Waals surface area contributed by atoms with E-state index in [0.717, 1.165) is 0 Å². The van der Waals surface area contributed by atoms with Gasteiger partial charge >= 0.3 is 11.9 Å².